The normalized spacial score (nSPS) is 9.89. The maximum Gasteiger partial charge on any atom is 0.338 e. The van der Waals surface area contributed by atoms with Gasteiger partial charge in [0.1, 0.15) is 19.0 Å². The van der Waals surface area contributed by atoms with Crippen LogP contribution in [0.4, 0.5) is 0 Å². The minimum Gasteiger partial charge on any atom is -0.493 e. The van der Waals surface area contributed by atoms with Crippen molar-refractivity contribution in [3.05, 3.63) is 66.7 Å². The molecule has 2 rings (SSSR count). The smallest absolute Gasteiger partial charge is 0.338 e. The minimum atomic E-state index is -0.635. The van der Waals surface area contributed by atoms with Crippen LogP contribution in [0, 0.1) is 0 Å². The molecule has 148 valence electrons. The van der Waals surface area contributed by atoms with E-state index >= 15 is 0 Å². The maximum atomic E-state index is 12.1. The first-order valence-electron chi connectivity index (χ1n) is 8.67. The summed E-state index contributed by atoms with van der Waals surface area (Å²) in [5.41, 5.74) is 0.253. The fourth-order valence-electron chi connectivity index (χ4n) is 2.20. The van der Waals surface area contributed by atoms with E-state index in [0.29, 0.717) is 31.3 Å². The number of amides is 1. The zero-order valence-corrected chi connectivity index (χ0v) is 15.7. The monoisotopic (exact) mass is 385 g/mol. The highest BCUT2D eigenvalue weighted by atomic mass is 16.5. The first kappa shape index (κ1) is 20.8. The molecule has 0 aliphatic rings. The number of carbonyl (C=O) groups is 2. The standard InChI is InChI=1S/C21H23NO6/c1-3-12-27-18-10-9-16(14-19(18)25-2)21(24)28-15-20(23)22-11-13-26-17-7-5-4-6-8-17/h3-10,14H,1,11-13,15H2,2H3,(H,22,23). The zero-order valence-electron chi connectivity index (χ0n) is 15.7. The molecule has 2 aromatic carbocycles. The van der Waals surface area contributed by atoms with E-state index in [2.05, 4.69) is 11.9 Å². The number of esters is 1. The summed E-state index contributed by atoms with van der Waals surface area (Å²) < 4.78 is 21.1. The molecule has 0 unspecified atom stereocenters. The molecule has 0 heterocycles. The van der Waals surface area contributed by atoms with E-state index in [1.807, 2.05) is 30.3 Å². The van der Waals surface area contributed by atoms with Crippen molar-refractivity contribution in [3.8, 4) is 17.2 Å². The molecule has 0 aliphatic carbocycles. The van der Waals surface area contributed by atoms with E-state index < -0.39 is 11.9 Å². The lowest BCUT2D eigenvalue weighted by molar-refractivity contribution is -0.124. The highest BCUT2D eigenvalue weighted by Crippen LogP contribution is 2.28. The van der Waals surface area contributed by atoms with Gasteiger partial charge in [-0.3, -0.25) is 4.79 Å². The summed E-state index contributed by atoms with van der Waals surface area (Å²) in [6.07, 6.45) is 1.60. The highest BCUT2D eigenvalue weighted by Gasteiger charge is 2.14. The Morgan fingerprint density at radius 2 is 1.86 bits per heavy atom. The number of methoxy groups -OCH3 is 1. The number of hydrogen-bond donors (Lipinski definition) is 1. The van der Waals surface area contributed by atoms with Gasteiger partial charge in [0.25, 0.3) is 5.91 Å². The van der Waals surface area contributed by atoms with Crippen LogP contribution < -0.4 is 19.5 Å². The second-order valence-corrected chi connectivity index (χ2v) is 5.55. The van der Waals surface area contributed by atoms with Crippen molar-refractivity contribution in [1.29, 1.82) is 0 Å². The second-order valence-electron chi connectivity index (χ2n) is 5.55. The largest absolute Gasteiger partial charge is 0.493 e. The summed E-state index contributed by atoms with van der Waals surface area (Å²) >= 11 is 0. The lowest BCUT2D eigenvalue weighted by Gasteiger charge is -2.11. The quantitative estimate of drug-likeness (QED) is 0.364. The third-order valence-corrected chi connectivity index (χ3v) is 3.53. The van der Waals surface area contributed by atoms with Gasteiger partial charge in [-0.05, 0) is 30.3 Å². The van der Waals surface area contributed by atoms with Gasteiger partial charge in [-0.15, -0.1) is 0 Å². The van der Waals surface area contributed by atoms with Crippen LogP contribution in [0.1, 0.15) is 10.4 Å². The molecule has 28 heavy (non-hydrogen) atoms. The van der Waals surface area contributed by atoms with Crippen molar-refractivity contribution in [1.82, 2.24) is 5.32 Å². The SMILES string of the molecule is C=CCOc1ccc(C(=O)OCC(=O)NCCOc2ccccc2)cc1OC. The Bertz CT molecular complexity index is 791. The van der Waals surface area contributed by atoms with Crippen LogP contribution in [-0.4, -0.2) is 45.4 Å². The van der Waals surface area contributed by atoms with Crippen LogP contribution in [0.2, 0.25) is 0 Å². The Morgan fingerprint density at radius 1 is 1.07 bits per heavy atom. The fraction of sp³-hybridized carbons (Fsp3) is 0.238. The molecule has 0 fully saturated rings. The third kappa shape index (κ3) is 6.68. The van der Waals surface area contributed by atoms with Gasteiger partial charge in [-0.1, -0.05) is 30.9 Å². The molecule has 2 aromatic rings. The van der Waals surface area contributed by atoms with Gasteiger partial charge in [0, 0.05) is 0 Å². The lowest BCUT2D eigenvalue weighted by Crippen LogP contribution is -2.32. The van der Waals surface area contributed by atoms with Gasteiger partial charge in [-0.2, -0.15) is 0 Å². The number of para-hydroxylation sites is 1. The first-order valence-corrected chi connectivity index (χ1v) is 8.67. The Kier molecular flexibility index (Phi) is 8.39. The van der Waals surface area contributed by atoms with Gasteiger partial charge >= 0.3 is 5.97 Å². The summed E-state index contributed by atoms with van der Waals surface area (Å²) in [5, 5.41) is 2.62. The number of nitrogens with one attached hydrogen (secondary N) is 1. The van der Waals surface area contributed by atoms with Gasteiger partial charge in [0.15, 0.2) is 18.1 Å². The predicted octanol–water partition coefficient (Wildman–Crippen LogP) is 2.61. The van der Waals surface area contributed by atoms with E-state index in [-0.39, 0.29) is 12.2 Å². The molecule has 0 saturated heterocycles. The summed E-state index contributed by atoms with van der Waals surface area (Å²) in [5.74, 6) is 0.540. The molecule has 7 nitrogen and oxygen atoms in total. The van der Waals surface area contributed by atoms with E-state index in [0.717, 1.165) is 5.75 Å². The highest BCUT2D eigenvalue weighted by molar-refractivity contribution is 5.92. The van der Waals surface area contributed by atoms with E-state index in [1.54, 1.807) is 12.1 Å². The molecule has 0 aromatic heterocycles. The molecule has 1 amide bonds. The maximum absolute atomic E-state index is 12.1. The summed E-state index contributed by atoms with van der Waals surface area (Å²) in [7, 11) is 1.47. The van der Waals surface area contributed by atoms with Crippen LogP contribution in [0.5, 0.6) is 17.2 Å². The van der Waals surface area contributed by atoms with Gasteiger partial charge in [0.05, 0.1) is 19.2 Å². The predicted molar refractivity (Wildman–Crippen MR) is 104 cm³/mol. The fourth-order valence-corrected chi connectivity index (χ4v) is 2.20. The summed E-state index contributed by atoms with van der Waals surface area (Å²) in [4.78, 5) is 23.9. The van der Waals surface area contributed by atoms with E-state index in [4.69, 9.17) is 18.9 Å². The van der Waals surface area contributed by atoms with Crippen molar-refractivity contribution in [3.63, 3.8) is 0 Å². The Morgan fingerprint density at radius 3 is 2.57 bits per heavy atom. The molecule has 0 radical (unpaired) electrons. The van der Waals surface area contributed by atoms with Crippen LogP contribution in [0.3, 0.4) is 0 Å². The number of ether oxygens (including phenoxy) is 4. The van der Waals surface area contributed by atoms with Crippen LogP contribution in [-0.2, 0) is 9.53 Å². The van der Waals surface area contributed by atoms with Crippen LogP contribution in [0.15, 0.2) is 61.2 Å². The molecule has 0 atom stereocenters. The number of rotatable bonds is 11. The molecular formula is C21H23NO6. The molecular weight excluding hydrogens is 362 g/mol. The molecule has 0 saturated carbocycles. The topological polar surface area (TPSA) is 83.1 Å². The van der Waals surface area contributed by atoms with Crippen molar-refractivity contribution < 1.29 is 28.5 Å². The minimum absolute atomic E-state index is 0.253. The number of carbonyl (C=O) groups excluding carboxylic acids is 2. The molecule has 0 aliphatic heterocycles. The van der Waals surface area contributed by atoms with Crippen LogP contribution in [0.25, 0.3) is 0 Å². The number of benzene rings is 2. The molecule has 7 heteroatoms. The Labute approximate surface area is 163 Å². The first-order chi connectivity index (χ1) is 13.6. The Balaban J connectivity index is 1.74. The van der Waals surface area contributed by atoms with Crippen molar-refractivity contribution in [2.75, 3.05) is 33.5 Å². The van der Waals surface area contributed by atoms with Gasteiger partial charge in [-0.25, -0.2) is 4.79 Å². The second kappa shape index (κ2) is 11.3. The third-order valence-electron chi connectivity index (χ3n) is 3.53. The van der Waals surface area contributed by atoms with Crippen molar-refractivity contribution in [2.24, 2.45) is 0 Å². The molecule has 0 spiro atoms. The van der Waals surface area contributed by atoms with Crippen LogP contribution >= 0.6 is 0 Å². The van der Waals surface area contributed by atoms with Crippen molar-refractivity contribution >= 4 is 11.9 Å². The van der Waals surface area contributed by atoms with Crippen molar-refractivity contribution in [2.45, 2.75) is 0 Å². The van der Waals surface area contributed by atoms with E-state index in [1.165, 1.54) is 19.2 Å². The molecule has 0 bridgehead atoms. The summed E-state index contributed by atoms with van der Waals surface area (Å²) in [6, 6.07) is 13.9. The molecule has 1 N–H and O–H groups in total. The number of hydrogen-bond acceptors (Lipinski definition) is 6. The van der Waals surface area contributed by atoms with E-state index in [9.17, 15) is 9.59 Å². The average molecular weight is 385 g/mol. The zero-order chi connectivity index (χ0) is 20.2. The van der Waals surface area contributed by atoms with Gasteiger partial charge < -0.3 is 24.3 Å². The average Bonchev–Trinajstić information content (AvgIpc) is 2.74. The Hall–Kier alpha value is -3.48. The lowest BCUT2D eigenvalue weighted by atomic mass is 10.2. The summed E-state index contributed by atoms with van der Waals surface area (Å²) in [6.45, 7) is 4.11. The van der Waals surface area contributed by atoms with Gasteiger partial charge in [0.2, 0.25) is 0 Å².